The van der Waals surface area contributed by atoms with Crippen LogP contribution in [0.1, 0.15) is 81.5 Å². The number of imide groups is 1. The Balaban J connectivity index is 0.00000104. The van der Waals surface area contributed by atoms with Gasteiger partial charge in [-0.15, -0.1) is 0 Å². The molecule has 0 saturated heterocycles. The third kappa shape index (κ3) is 5.93. The van der Waals surface area contributed by atoms with Gasteiger partial charge in [0.1, 0.15) is 5.78 Å². The first-order valence-electron chi connectivity index (χ1n) is 8.81. The molecule has 0 radical (unpaired) electrons. The topological polar surface area (TPSA) is 71.5 Å². The van der Waals surface area contributed by atoms with Crippen molar-refractivity contribution in [1.82, 2.24) is 4.90 Å². The third-order valence-corrected chi connectivity index (χ3v) is 3.38. The standard InChI is InChI=1S/C15H15NO4.C3H8.C2H6/c1-9(17)7-8-13(10(2)18)16-14(19)11-5-3-4-6-12(11)15(16)20;1-3-2;1-2/h3-6,13H,7-8H2,1-2H3;3H2,1-2H3;1-2H3. The largest absolute Gasteiger partial charge is 0.300 e. The molecular formula is C20H29NO4. The number of Topliss-reactive ketones (excluding diaryl/α,β-unsaturated/α-hetero) is 2. The van der Waals surface area contributed by atoms with Crippen molar-refractivity contribution >= 4 is 23.4 Å². The van der Waals surface area contributed by atoms with Crippen LogP contribution in [0, 0.1) is 0 Å². The van der Waals surface area contributed by atoms with Crippen molar-refractivity contribution in [2.45, 2.75) is 66.8 Å². The van der Waals surface area contributed by atoms with E-state index < -0.39 is 17.9 Å². The first-order chi connectivity index (χ1) is 11.8. The average molecular weight is 347 g/mol. The van der Waals surface area contributed by atoms with Crippen molar-refractivity contribution in [2.24, 2.45) is 0 Å². The highest BCUT2D eigenvalue weighted by molar-refractivity contribution is 6.22. The molecule has 0 aliphatic carbocycles. The molecule has 0 spiro atoms. The first-order valence-corrected chi connectivity index (χ1v) is 8.81. The van der Waals surface area contributed by atoms with E-state index in [4.69, 9.17) is 0 Å². The van der Waals surface area contributed by atoms with Crippen LogP contribution in [0.4, 0.5) is 0 Å². The van der Waals surface area contributed by atoms with Gasteiger partial charge < -0.3 is 4.79 Å². The number of amides is 2. The molecule has 2 rings (SSSR count). The van der Waals surface area contributed by atoms with E-state index in [1.165, 1.54) is 20.3 Å². The van der Waals surface area contributed by atoms with Gasteiger partial charge in [-0.3, -0.25) is 19.3 Å². The van der Waals surface area contributed by atoms with Gasteiger partial charge in [-0.25, -0.2) is 0 Å². The number of carbonyl (C=O) groups is 4. The Kier molecular flexibility index (Phi) is 10.2. The minimum atomic E-state index is -0.869. The van der Waals surface area contributed by atoms with Gasteiger partial charge in [-0.1, -0.05) is 46.2 Å². The second-order valence-electron chi connectivity index (χ2n) is 5.60. The number of hydrogen-bond donors (Lipinski definition) is 0. The summed E-state index contributed by atoms with van der Waals surface area (Å²) >= 11 is 0. The number of nitrogens with zero attached hydrogens (tertiary/aromatic N) is 1. The lowest BCUT2D eigenvalue weighted by Gasteiger charge is -2.23. The molecule has 1 atom stereocenters. The van der Waals surface area contributed by atoms with E-state index in [9.17, 15) is 19.2 Å². The fourth-order valence-corrected chi connectivity index (χ4v) is 2.35. The minimum Gasteiger partial charge on any atom is -0.300 e. The number of hydrogen-bond acceptors (Lipinski definition) is 4. The molecule has 2 amide bonds. The molecule has 1 unspecified atom stereocenters. The van der Waals surface area contributed by atoms with Crippen LogP contribution in [0.25, 0.3) is 0 Å². The van der Waals surface area contributed by atoms with Gasteiger partial charge in [0.25, 0.3) is 11.8 Å². The van der Waals surface area contributed by atoms with Crippen molar-refractivity contribution in [2.75, 3.05) is 0 Å². The Labute approximate surface area is 150 Å². The van der Waals surface area contributed by atoms with Crippen LogP contribution in [-0.2, 0) is 9.59 Å². The van der Waals surface area contributed by atoms with Crippen LogP contribution >= 0.6 is 0 Å². The van der Waals surface area contributed by atoms with Crippen LogP contribution in [-0.4, -0.2) is 34.3 Å². The Morgan fingerprint density at radius 2 is 1.36 bits per heavy atom. The summed E-state index contributed by atoms with van der Waals surface area (Å²) in [6.45, 7) is 11.0. The maximum atomic E-state index is 12.3. The summed E-state index contributed by atoms with van der Waals surface area (Å²) in [7, 11) is 0. The monoisotopic (exact) mass is 347 g/mol. The van der Waals surface area contributed by atoms with Gasteiger partial charge in [0.15, 0.2) is 5.78 Å². The maximum absolute atomic E-state index is 12.3. The Hall–Kier alpha value is -2.30. The maximum Gasteiger partial charge on any atom is 0.262 e. The molecule has 0 bridgehead atoms. The average Bonchev–Trinajstić information content (AvgIpc) is 2.83. The molecule has 1 heterocycles. The molecule has 1 aromatic rings. The highest BCUT2D eigenvalue weighted by Gasteiger charge is 2.41. The van der Waals surface area contributed by atoms with Crippen LogP contribution in [0.2, 0.25) is 0 Å². The van der Waals surface area contributed by atoms with E-state index in [0.29, 0.717) is 11.1 Å². The number of rotatable bonds is 5. The molecule has 5 heteroatoms. The zero-order valence-corrected chi connectivity index (χ0v) is 16.1. The minimum absolute atomic E-state index is 0.0761. The molecule has 0 aromatic heterocycles. The van der Waals surface area contributed by atoms with Crippen molar-refractivity contribution in [3.8, 4) is 0 Å². The summed E-state index contributed by atoms with van der Waals surface area (Å²) in [6, 6.07) is 5.61. The van der Waals surface area contributed by atoms with Crippen molar-refractivity contribution in [3.05, 3.63) is 35.4 Å². The highest BCUT2D eigenvalue weighted by atomic mass is 16.2. The number of fused-ring (bicyclic) bond motifs is 1. The molecule has 0 fully saturated rings. The molecule has 0 N–H and O–H groups in total. The van der Waals surface area contributed by atoms with E-state index in [1.54, 1.807) is 24.3 Å². The molecule has 1 aliphatic rings. The SMILES string of the molecule is CC.CC(=O)CCC(C(C)=O)N1C(=O)c2ccccc2C1=O.CCC. The Morgan fingerprint density at radius 3 is 1.68 bits per heavy atom. The van der Waals surface area contributed by atoms with Crippen molar-refractivity contribution < 1.29 is 19.2 Å². The predicted octanol–water partition coefficient (Wildman–Crippen LogP) is 4.05. The molecule has 1 aromatic carbocycles. The van der Waals surface area contributed by atoms with E-state index >= 15 is 0 Å². The summed E-state index contributed by atoms with van der Waals surface area (Å²) in [6.07, 6.45) is 1.59. The van der Waals surface area contributed by atoms with E-state index in [-0.39, 0.29) is 24.4 Å². The van der Waals surface area contributed by atoms with Crippen LogP contribution in [0.5, 0.6) is 0 Å². The molecule has 0 saturated carbocycles. The third-order valence-electron chi connectivity index (χ3n) is 3.38. The van der Waals surface area contributed by atoms with Gasteiger partial charge in [0.05, 0.1) is 17.2 Å². The summed E-state index contributed by atoms with van der Waals surface area (Å²) < 4.78 is 0. The summed E-state index contributed by atoms with van der Waals surface area (Å²) in [4.78, 5) is 48.3. The summed E-state index contributed by atoms with van der Waals surface area (Å²) in [5.41, 5.74) is 0.623. The van der Waals surface area contributed by atoms with Crippen molar-refractivity contribution in [1.29, 1.82) is 0 Å². The number of ketones is 2. The Morgan fingerprint density at radius 1 is 0.960 bits per heavy atom. The molecular weight excluding hydrogens is 318 g/mol. The quantitative estimate of drug-likeness (QED) is 0.753. The van der Waals surface area contributed by atoms with E-state index in [1.807, 2.05) is 13.8 Å². The second kappa shape index (κ2) is 11.3. The summed E-state index contributed by atoms with van der Waals surface area (Å²) in [5, 5.41) is 0. The first kappa shape index (κ1) is 22.7. The molecule has 1 aliphatic heterocycles. The second-order valence-corrected chi connectivity index (χ2v) is 5.60. The van der Waals surface area contributed by atoms with Gasteiger partial charge in [0, 0.05) is 6.42 Å². The fourth-order valence-electron chi connectivity index (χ4n) is 2.35. The lowest BCUT2D eigenvalue weighted by atomic mass is 10.0. The zero-order valence-electron chi connectivity index (χ0n) is 16.1. The predicted molar refractivity (Wildman–Crippen MR) is 98.6 cm³/mol. The molecule has 138 valence electrons. The molecule has 5 nitrogen and oxygen atoms in total. The van der Waals surface area contributed by atoms with Crippen LogP contribution in [0.15, 0.2) is 24.3 Å². The lowest BCUT2D eigenvalue weighted by Crippen LogP contribution is -2.44. The van der Waals surface area contributed by atoms with Gasteiger partial charge in [-0.05, 0) is 32.4 Å². The fraction of sp³-hybridized carbons (Fsp3) is 0.500. The van der Waals surface area contributed by atoms with E-state index in [0.717, 1.165) is 4.90 Å². The van der Waals surface area contributed by atoms with Gasteiger partial charge in [-0.2, -0.15) is 0 Å². The smallest absolute Gasteiger partial charge is 0.262 e. The van der Waals surface area contributed by atoms with Crippen LogP contribution < -0.4 is 0 Å². The lowest BCUT2D eigenvalue weighted by molar-refractivity contribution is -0.121. The number of carbonyl (C=O) groups excluding carboxylic acids is 4. The van der Waals surface area contributed by atoms with Gasteiger partial charge in [0.2, 0.25) is 0 Å². The Bertz CT molecular complexity index is 587. The molecule has 25 heavy (non-hydrogen) atoms. The normalized spacial score (nSPS) is 13.1. The van der Waals surface area contributed by atoms with Crippen molar-refractivity contribution in [3.63, 3.8) is 0 Å². The highest BCUT2D eigenvalue weighted by Crippen LogP contribution is 2.26. The summed E-state index contributed by atoms with van der Waals surface area (Å²) in [5.74, 6) is -1.29. The van der Waals surface area contributed by atoms with Gasteiger partial charge >= 0.3 is 0 Å². The zero-order chi connectivity index (χ0) is 19.6. The number of benzene rings is 1. The van der Waals surface area contributed by atoms with E-state index in [2.05, 4.69) is 13.8 Å². The van der Waals surface area contributed by atoms with Crippen LogP contribution in [0.3, 0.4) is 0 Å².